The van der Waals surface area contributed by atoms with E-state index >= 15 is 0 Å². The van der Waals surface area contributed by atoms with Crippen molar-refractivity contribution in [3.05, 3.63) is 0 Å². The van der Waals surface area contributed by atoms with Gasteiger partial charge in [-0.15, -0.1) is 0 Å². The van der Waals surface area contributed by atoms with Crippen molar-refractivity contribution in [1.82, 2.24) is 5.32 Å². The minimum atomic E-state index is -0.480. The van der Waals surface area contributed by atoms with Crippen LogP contribution >= 0.6 is 0 Å². The van der Waals surface area contributed by atoms with E-state index in [9.17, 15) is 9.59 Å². The second kappa shape index (κ2) is 6.78. The molecule has 0 bridgehead atoms. The first-order chi connectivity index (χ1) is 8.81. The zero-order valence-electron chi connectivity index (χ0n) is 12.3. The molecule has 0 spiro atoms. The number of alkyl carbamates (subject to hydrolysis) is 1. The summed E-state index contributed by atoms with van der Waals surface area (Å²) in [4.78, 5) is 23.2. The third-order valence-corrected chi connectivity index (χ3v) is 3.07. The lowest BCUT2D eigenvalue weighted by atomic mass is 9.86. The van der Waals surface area contributed by atoms with Crippen LogP contribution in [0, 0.1) is 5.92 Å². The van der Waals surface area contributed by atoms with Crippen molar-refractivity contribution in [2.24, 2.45) is 5.92 Å². The van der Waals surface area contributed by atoms with Crippen molar-refractivity contribution in [1.29, 1.82) is 0 Å². The molecule has 1 amide bonds. The Labute approximate surface area is 115 Å². The molecule has 0 aromatic heterocycles. The lowest BCUT2D eigenvalue weighted by molar-refractivity contribution is -0.149. The number of carbonyl (C=O) groups excluding carboxylic acids is 2. The van der Waals surface area contributed by atoms with E-state index in [1.807, 2.05) is 27.7 Å². The van der Waals surface area contributed by atoms with Crippen molar-refractivity contribution < 1.29 is 19.1 Å². The summed E-state index contributed by atoms with van der Waals surface area (Å²) in [5.41, 5.74) is -0.480. The molecule has 0 aromatic rings. The fourth-order valence-electron chi connectivity index (χ4n) is 2.21. The van der Waals surface area contributed by atoms with Crippen LogP contribution in [0.5, 0.6) is 0 Å². The van der Waals surface area contributed by atoms with Gasteiger partial charge in [-0.05, 0) is 53.4 Å². The van der Waals surface area contributed by atoms with E-state index in [-0.39, 0.29) is 24.0 Å². The Bertz CT molecular complexity index is 314. The van der Waals surface area contributed by atoms with Gasteiger partial charge in [-0.3, -0.25) is 4.79 Å². The molecule has 0 heterocycles. The molecule has 1 saturated carbocycles. The molecule has 19 heavy (non-hydrogen) atoms. The van der Waals surface area contributed by atoms with Gasteiger partial charge >= 0.3 is 12.1 Å². The van der Waals surface area contributed by atoms with Crippen LogP contribution in [-0.4, -0.2) is 30.3 Å². The first kappa shape index (κ1) is 15.8. The Morgan fingerprint density at radius 3 is 2.21 bits per heavy atom. The molecule has 1 aliphatic carbocycles. The van der Waals surface area contributed by atoms with E-state index in [4.69, 9.17) is 9.47 Å². The molecular weight excluding hydrogens is 246 g/mol. The van der Waals surface area contributed by atoms with E-state index in [2.05, 4.69) is 5.32 Å². The minimum absolute atomic E-state index is 0.0170. The summed E-state index contributed by atoms with van der Waals surface area (Å²) in [5, 5.41) is 2.85. The molecule has 5 heteroatoms. The molecule has 5 nitrogen and oxygen atoms in total. The number of ether oxygens (including phenoxy) is 2. The SMILES string of the molecule is CCOC(=O)C1CCC(NC(=O)OC(C)(C)C)CC1. The quantitative estimate of drug-likeness (QED) is 0.801. The average Bonchev–Trinajstić information content (AvgIpc) is 2.27. The summed E-state index contributed by atoms with van der Waals surface area (Å²) >= 11 is 0. The van der Waals surface area contributed by atoms with Gasteiger partial charge in [-0.1, -0.05) is 0 Å². The molecule has 0 aromatic carbocycles. The largest absolute Gasteiger partial charge is 0.466 e. The first-order valence-electron chi connectivity index (χ1n) is 6.98. The summed E-state index contributed by atoms with van der Waals surface area (Å²) in [6.45, 7) is 7.75. The molecule has 0 saturated heterocycles. The maximum absolute atomic E-state index is 11.6. The minimum Gasteiger partial charge on any atom is -0.466 e. The highest BCUT2D eigenvalue weighted by Gasteiger charge is 2.28. The van der Waals surface area contributed by atoms with Crippen LogP contribution in [0.3, 0.4) is 0 Å². The van der Waals surface area contributed by atoms with Gasteiger partial charge in [0.1, 0.15) is 5.60 Å². The molecule has 1 aliphatic rings. The van der Waals surface area contributed by atoms with Crippen LogP contribution in [0.2, 0.25) is 0 Å². The third-order valence-electron chi connectivity index (χ3n) is 3.07. The van der Waals surface area contributed by atoms with Gasteiger partial charge in [0.15, 0.2) is 0 Å². The Kier molecular flexibility index (Phi) is 5.63. The predicted octanol–water partition coefficient (Wildman–Crippen LogP) is 2.63. The second-order valence-electron chi connectivity index (χ2n) is 5.95. The Morgan fingerprint density at radius 2 is 1.74 bits per heavy atom. The van der Waals surface area contributed by atoms with E-state index in [1.54, 1.807) is 0 Å². The third kappa shape index (κ3) is 5.94. The van der Waals surface area contributed by atoms with Crippen molar-refractivity contribution >= 4 is 12.1 Å². The molecule has 1 rings (SSSR count). The van der Waals surface area contributed by atoms with Crippen molar-refractivity contribution in [3.8, 4) is 0 Å². The monoisotopic (exact) mass is 271 g/mol. The van der Waals surface area contributed by atoms with E-state index in [0.29, 0.717) is 6.61 Å². The normalized spacial score (nSPS) is 23.6. The highest BCUT2D eigenvalue weighted by atomic mass is 16.6. The van der Waals surface area contributed by atoms with Crippen LogP contribution in [0.25, 0.3) is 0 Å². The first-order valence-corrected chi connectivity index (χ1v) is 6.98. The molecule has 1 fully saturated rings. The van der Waals surface area contributed by atoms with Gasteiger partial charge in [-0.25, -0.2) is 4.79 Å². The molecule has 0 atom stereocenters. The van der Waals surface area contributed by atoms with Crippen molar-refractivity contribution in [2.45, 2.75) is 65.0 Å². The summed E-state index contributed by atoms with van der Waals surface area (Å²) in [6, 6.07) is 0.0977. The van der Waals surface area contributed by atoms with Crippen molar-refractivity contribution in [3.63, 3.8) is 0 Å². The average molecular weight is 271 g/mol. The number of hydrogen-bond donors (Lipinski definition) is 1. The van der Waals surface area contributed by atoms with Gasteiger partial charge in [-0.2, -0.15) is 0 Å². The van der Waals surface area contributed by atoms with Crippen LogP contribution in [0.1, 0.15) is 53.4 Å². The Morgan fingerprint density at radius 1 is 1.16 bits per heavy atom. The standard InChI is InChI=1S/C14H25NO4/c1-5-18-12(16)10-6-8-11(9-7-10)15-13(17)19-14(2,3)4/h10-11H,5-9H2,1-4H3,(H,15,17). The van der Waals surface area contributed by atoms with Crippen LogP contribution in [0.15, 0.2) is 0 Å². The number of carbonyl (C=O) groups is 2. The molecular formula is C14H25NO4. The highest BCUT2D eigenvalue weighted by molar-refractivity contribution is 5.72. The summed E-state index contributed by atoms with van der Waals surface area (Å²) in [7, 11) is 0. The topological polar surface area (TPSA) is 64.6 Å². The van der Waals surface area contributed by atoms with E-state index in [1.165, 1.54) is 0 Å². The van der Waals surface area contributed by atoms with E-state index < -0.39 is 5.60 Å². The number of nitrogens with one attached hydrogen (secondary N) is 1. The summed E-state index contributed by atoms with van der Waals surface area (Å²) < 4.78 is 10.2. The fraction of sp³-hybridized carbons (Fsp3) is 0.857. The van der Waals surface area contributed by atoms with Gasteiger partial charge in [0.25, 0.3) is 0 Å². The second-order valence-corrected chi connectivity index (χ2v) is 5.95. The van der Waals surface area contributed by atoms with Crippen LogP contribution < -0.4 is 5.32 Å². The van der Waals surface area contributed by atoms with Gasteiger partial charge in [0, 0.05) is 6.04 Å². The zero-order valence-corrected chi connectivity index (χ0v) is 12.3. The lowest BCUT2D eigenvalue weighted by Gasteiger charge is -2.29. The van der Waals surface area contributed by atoms with Gasteiger partial charge in [0.05, 0.1) is 12.5 Å². The van der Waals surface area contributed by atoms with Crippen LogP contribution in [0.4, 0.5) is 4.79 Å². The van der Waals surface area contributed by atoms with Gasteiger partial charge in [0.2, 0.25) is 0 Å². The van der Waals surface area contributed by atoms with Crippen molar-refractivity contribution in [2.75, 3.05) is 6.61 Å². The fourth-order valence-corrected chi connectivity index (χ4v) is 2.21. The van der Waals surface area contributed by atoms with E-state index in [0.717, 1.165) is 25.7 Å². The predicted molar refractivity (Wildman–Crippen MR) is 71.7 cm³/mol. The van der Waals surface area contributed by atoms with Gasteiger partial charge < -0.3 is 14.8 Å². The number of amides is 1. The summed E-state index contributed by atoms with van der Waals surface area (Å²) in [6.07, 6.45) is 2.73. The zero-order chi connectivity index (χ0) is 14.5. The highest BCUT2D eigenvalue weighted by Crippen LogP contribution is 2.25. The molecule has 0 unspecified atom stereocenters. The number of rotatable bonds is 3. The molecule has 0 aliphatic heterocycles. The smallest absolute Gasteiger partial charge is 0.407 e. The number of esters is 1. The molecule has 0 radical (unpaired) electrons. The summed E-state index contributed by atoms with van der Waals surface area (Å²) in [5.74, 6) is -0.130. The maximum Gasteiger partial charge on any atom is 0.407 e. The van der Waals surface area contributed by atoms with Crippen LogP contribution in [-0.2, 0) is 14.3 Å². The Balaban J connectivity index is 2.30. The Hall–Kier alpha value is -1.26. The maximum atomic E-state index is 11.6. The molecule has 110 valence electrons. The number of hydrogen-bond acceptors (Lipinski definition) is 4. The molecule has 1 N–H and O–H groups in total. The lowest BCUT2D eigenvalue weighted by Crippen LogP contribution is -2.41.